The average molecular weight is 511 g/mol. The van der Waals surface area contributed by atoms with Gasteiger partial charge in [-0.3, -0.25) is 0 Å². The molecule has 1 fully saturated rings. The smallest absolute Gasteiger partial charge is 0.407 e. The molecule has 1 aliphatic heterocycles. The van der Waals surface area contributed by atoms with Crippen molar-refractivity contribution in [1.29, 1.82) is 10.5 Å². The minimum Gasteiger partial charge on any atom is -0.453 e. The van der Waals surface area contributed by atoms with Crippen LogP contribution in [-0.4, -0.2) is 71.7 Å². The Labute approximate surface area is 211 Å². The maximum atomic E-state index is 11.8. The molecular formula is C22H23ClN10O3. The summed E-state index contributed by atoms with van der Waals surface area (Å²) in [5.74, 6) is 0.584. The van der Waals surface area contributed by atoms with Crippen molar-refractivity contribution in [2.75, 3.05) is 49.4 Å². The van der Waals surface area contributed by atoms with Gasteiger partial charge in [-0.15, -0.1) is 5.10 Å². The first-order valence-corrected chi connectivity index (χ1v) is 11.3. The van der Waals surface area contributed by atoms with Crippen LogP contribution in [0.4, 0.5) is 27.9 Å². The second-order valence-electron chi connectivity index (χ2n) is 7.82. The molecule has 0 bridgehead atoms. The van der Waals surface area contributed by atoms with Crippen LogP contribution in [0.15, 0.2) is 18.3 Å². The number of imidazole rings is 1. The number of alkyl carbamates (subject to hydrolysis) is 1. The van der Waals surface area contributed by atoms with Crippen LogP contribution in [0.3, 0.4) is 0 Å². The number of rotatable bonds is 7. The molecule has 0 unspecified atom stereocenters. The summed E-state index contributed by atoms with van der Waals surface area (Å²) < 4.78 is 11.6. The van der Waals surface area contributed by atoms with Gasteiger partial charge in [0.05, 0.1) is 53.5 Å². The second kappa shape index (κ2) is 10.5. The number of nitrogens with one attached hydrogen (secondary N) is 3. The van der Waals surface area contributed by atoms with Crippen molar-refractivity contribution < 1.29 is 14.3 Å². The summed E-state index contributed by atoms with van der Waals surface area (Å²) in [7, 11) is 2.85. The molecule has 1 saturated heterocycles. The first kappa shape index (κ1) is 24.8. The summed E-state index contributed by atoms with van der Waals surface area (Å²) >= 11 is 6.79. The Balaban J connectivity index is 1.71. The monoisotopic (exact) mass is 510 g/mol. The molecule has 2 aromatic heterocycles. The van der Waals surface area contributed by atoms with Gasteiger partial charge < -0.3 is 30.3 Å². The van der Waals surface area contributed by atoms with Crippen LogP contribution in [0, 0.1) is 22.7 Å². The predicted molar refractivity (Wildman–Crippen MR) is 131 cm³/mol. The van der Waals surface area contributed by atoms with Crippen molar-refractivity contribution in [3.63, 3.8) is 0 Å². The molecule has 3 aromatic rings. The maximum absolute atomic E-state index is 11.8. The van der Waals surface area contributed by atoms with E-state index < -0.39 is 6.09 Å². The predicted octanol–water partition coefficient (Wildman–Crippen LogP) is 2.26. The van der Waals surface area contributed by atoms with Gasteiger partial charge in [-0.2, -0.15) is 20.0 Å². The number of aromatic nitrogens is 4. The lowest BCUT2D eigenvalue weighted by atomic mass is 10.1. The van der Waals surface area contributed by atoms with E-state index in [9.17, 15) is 15.3 Å². The van der Waals surface area contributed by atoms with Gasteiger partial charge in [0, 0.05) is 26.7 Å². The van der Waals surface area contributed by atoms with E-state index >= 15 is 0 Å². The number of halogens is 1. The number of anilines is 4. The van der Waals surface area contributed by atoms with Crippen LogP contribution in [0.25, 0.3) is 5.65 Å². The van der Waals surface area contributed by atoms with Gasteiger partial charge in [-0.05, 0) is 19.1 Å². The van der Waals surface area contributed by atoms with E-state index in [0.29, 0.717) is 53.1 Å². The Morgan fingerprint density at radius 1 is 1.28 bits per heavy atom. The van der Waals surface area contributed by atoms with Crippen molar-refractivity contribution >= 4 is 46.5 Å². The van der Waals surface area contributed by atoms with E-state index in [1.165, 1.54) is 17.8 Å². The highest BCUT2D eigenvalue weighted by Crippen LogP contribution is 2.37. The van der Waals surface area contributed by atoms with Gasteiger partial charge in [0.25, 0.3) is 0 Å². The standard InChI is InChI=1S/C22H23ClN10O3/c1-4-26-19-20-27-9-13(8-25)33(20)31-21(30-19)28-14-5-12(7-24)6-16(18(14)23)32-10-15(17(11-32)35-2)29-22(34)36-3/h5-6,9,15,17H,4,10-11H2,1-3H3,(H,29,34)(H2,26,28,30,31)/t15-,17+/m1/s1. The fraction of sp³-hybridized carbons (Fsp3) is 0.364. The third kappa shape index (κ3) is 4.75. The number of fused-ring (bicyclic) bond motifs is 1. The van der Waals surface area contributed by atoms with Crippen molar-refractivity contribution in [3.8, 4) is 12.1 Å². The van der Waals surface area contributed by atoms with E-state index in [0.717, 1.165) is 0 Å². The number of nitriles is 2. The van der Waals surface area contributed by atoms with Crippen LogP contribution in [0.2, 0.25) is 5.02 Å². The summed E-state index contributed by atoms with van der Waals surface area (Å²) in [5, 5.41) is 32.7. The molecule has 4 rings (SSSR count). The highest BCUT2D eigenvalue weighted by molar-refractivity contribution is 6.36. The molecule has 14 heteroatoms. The zero-order valence-electron chi connectivity index (χ0n) is 19.7. The molecule has 36 heavy (non-hydrogen) atoms. The van der Waals surface area contributed by atoms with E-state index in [1.807, 2.05) is 17.9 Å². The Morgan fingerprint density at radius 3 is 2.75 bits per heavy atom. The lowest BCUT2D eigenvalue weighted by molar-refractivity contribution is 0.0922. The first-order valence-electron chi connectivity index (χ1n) is 10.9. The van der Waals surface area contributed by atoms with Crippen LogP contribution in [0.5, 0.6) is 0 Å². The van der Waals surface area contributed by atoms with Crippen molar-refractivity contribution in [1.82, 2.24) is 24.9 Å². The number of benzene rings is 1. The third-order valence-electron chi connectivity index (χ3n) is 5.65. The van der Waals surface area contributed by atoms with Crippen molar-refractivity contribution in [2.45, 2.75) is 19.1 Å². The first-order chi connectivity index (χ1) is 17.4. The quantitative estimate of drug-likeness (QED) is 0.426. The lowest BCUT2D eigenvalue weighted by Crippen LogP contribution is -2.43. The number of methoxy groups -OCH3 is 2. The highest BCUT2D eigenvalue weighted by Gasteiger charge is 2.35. The van der Waals surface area contributed by atoms with Crippen LogP contribution in [-0.2, 0) is 9.47 Å². The molecule has 1 amide bonds. The van der Waals surface area contributed by atoms with Gasteiger partial charge in [0.15, 0.2) is 17.2 Å². The summed E-state index contributed by atoms with van der Waals surface area (Å²) in [6, 6.07) is 7.09. The normalized spacial score (nSPS) is 16.9. The minimum absolute atomic E-state index is 0.150. The van der Waals surface area contributed by atoms with E-state index in [1.54, 1.807) is 19.2 Å². The molecule has 0 radical (unpaired) electrons. The van der Waals surface area contributed by atoms with E-state index in [-0.39, 0.29) is 23.8 Å². The SMILES string of the molecule is CCNc1nc(Nc2cc(C#N)cc(N3C[C@H](OC)[C@H](NC(=O)OC)C3)c2Cl)nn2c(C#N)cnc12. The Kier molecular flexibility index (Phi) is 7.24. The fourth-order valence-corrected chi connectivity index (χ4v) is 4.25. The molecule has 0 aliphatic carbocycles. The van der Waals surface area contributed by atoms with Crippen LogP contribution >= 0.6 is 11.6 Å². The number of hydrogen-bond acceptors (Lipinski definition) is 11. The minimum atomic E-state index is -0.566. The molecule has 1 aromatic carbocycles. The zero-order valence-corrected chi connectivity index (χ0v) is 20.5. The molecule has 3 heterocycles. The van der Waals surface area contributed by atoms with Gasteiger partial charge >= 0.3 is 6.09 Å². The number of nitrogens with zero attached hydrogens (tertiary/aromatic N) is 7. The van der Waals surface area contributed by atoms with Crippen molar-refractivity contribution in [3.05, 3.63) is 34.6 Å². The second-order valence-corrected chi connectivity index (χ2v) is 8.20. The summed E-state index contributed by atoms with van der Waals surface area (Å²) in [5.41, 5.74) is 1.96. The molecule has 0 spiro atoms. The van der Waals surface area contributed by atoms with Crippen LogP contribution in [0.1, 0.15) is 18.2 Å². The molecule has 1 aliphatic rings. The van der Waals surface area contributed by atoms with Gasteiger partial charge in [-0.25, -0.2) is 9.78 Å². The maximum Gasteiger partial charge on any atom is 0.407 e. The summed E-state index contributed by atoms with van der Waals surface area (Å²) in [6.07, 6.45) is 0.527. The lowest BCUT2D eigenvalue weighted by Gasteiger charge is -2.22. The summed E-state index contributed by atoms with van der Waals surface area (Å²) in [4.78, 5) is 22.4. The molecular weight excluding hydrogens is 488 g/mol. The largest absolute Gasteiger partial charge is 0.453 e. The summed E-state index contributed by atoms with van der Waals surface area (Å²) in [6.45, 7) is 3.29. The number of ether oxygens (including phenoxy) is 2. The zero-order chi connectivity index (χ0) is 25.8. The Bertz CT molecular complexity index is 1380. The highest BCUT2D eigenvalue weighted by atomic mass is 35.5. The van der Waals surface area contributed by atoms with Crippen molar-refractivity contribution in [2.24, 2.45) is 0 Å². The molecule has 186 valence electrons. The number of carbonyl (C=O) groups excluding carboxylic acids is 1. The Hall–Kier alpha value is -4.33. The fourth-order valence-electron chi connectivity index (χ4n) is 3.97. The molecule has 2 atom stereocenters. The molecule has 0 saturated carbocycles. The van der Waals surface area contributed by atoms with E-state index in [4.69, 9.17) is 21.1 Å². The van der Waals surface area contributed by atoms with Gasteiger partial charge in [-0.1, -0.05) is 11.6 Å². The topological polar surface area (TPSA) is 166 Å². The third-order valence-corrected chi connectivity index (χ3v) is 6.05. The average Bonchev–Trinajstić information content (AvgIpc) is 3.49. The van der Waals surface area contributed by atoms with E-state index in [2.05, 4.69) is 37.1 Å². The van der Waals surface area contributed by atoms with Crippen LogP contribution < -0.4 is 20.9 Å². The van der Waals surface area contributed by atoms with Gasteiger partial charge in [0.2, 0.25) is 5.95 Å². The molecule has 13 nitrogen and oxygen atoms in total. The number of hydrogen-bond donors (Lipinski definition) is 3. The van der Waals surface area contributed by atoms with Gasteiger partial charge in [0.1, 0.15) is 6.07 Å². The number of carbonyl (C=O) groups is 1. The number of amides is 1. The Morgan fingerprint density at radius 2 is 2.08 bits per heavy atom. The molecule has 3 N–H and O–H groups in total.